The van der Waals surface area contributed by atoms with E-state index in [0.717, 1.165) is 25.7 Å². The first-order valence-electron chi connectivity index (χ1n) is 6.30. The summed E-state index contributed by atoms with van der Waals surface area (Å²) in [5.74, 6) is -0.0753. The SMILES string of the molecule is CC(=O)Nc1ccc(Sc2ccc3scnc3c2N)cc1. The minimum Gasteiger partial charge on any atom is -0.396 e. The van der Waals surface area contributed by atoms with Gasteiger partial charge in [-0.1, -0.05) is 11.8 Å². The van der Waals surface area contributed by atoms with Crippen LogP contribution >= 0.6 is 23.1 Å². The van der Waals surface area contributed by atoms with Gasteiger partial charge in [0.05, 0.1) is 15.9 Å². The molecule has 0 atom stereocenters. The Hall–Kier alpha value is -2.05. The molecule has 4 nitrogen and oxygen atoms in total. The number of nitrogen functional groups attached to an aromatic ring is 1. The van der Waals surface area contributed by atoms with Crippen LogP contribution in [0.2, 0.25) is 0 Å². The normalized spacial score (nSPS) is 10.7. The van der Waals surface area contributed by atoms with Gasteiger partial charge in [-0.3, -0.25) is 4.79 Å². The summed E-state index contributed by atoms with van der Waals surface area (Å²) in [5, 5.41) is 2.75. The number of aromatic nitrogens is 1. The van der Waals surface area contributed by atoms with Gasteiger partial charge < -0.3 is 11.1 Å². The minimum absolute atomic E-state index is 0.0753. The number of anilines is 2. The van der Waals surface area contributed by atoms with Crippen LogP contribution in [0.3, 0.4) is 0 Å². The quantitative estimate of drug-likeness (QED) is 0.717. The Morgan fingerprint density at radius 1 is 1.24 bits per heavy atom. The fourth-order valence-corrected chi connectivity index (χ4v) is 3.52. The van der Waals surface area contributed by atoms with Crippen LogP contribution in [-0.2, 0) is 4.79 Å². The van der Waals surface area contributed by atoms with E-state index < -0.39 is 0 Å². The van der Waals surface area contributed by atoms with Gasteiger partial charge in [0.1, 0.15) is 5.52 Å². The smallest absolute Gasteiger partial charge is 0.221 e. The molecule has 106 valence electrons. The molecule has 21 heavy (non-hydrogen) atoms. The predicted octanol–water partition coefficient (Wildman–Crippen LogP) is 3.99. The van der Waals surface area contributed by atoms with Gasteiger partial charge in [0.2, 0.25) is 5.91 Å². The van der Waals surface area contributed by atoms with Gasteiger partial charge in [0.25, 0.3) is 0 Å². The lowest BCUT2D eigenvalue weighted by Crippen LogP contribution is -2.05. The Kier molecular flexibility index (Phi) is 3.81. The Morgan fingerprint density at radius 2 is 2.00 bits per heavy atom. The van der Waals surface area contributed by atoms with Crippen molar-refractivity contribution >= 4 is 50.6 Å². The van der Waals surface area contributed by atoms with Crippen molar-refractivity contribution in [3.63, 3.8) is 0 Å². The molecule has 3 aromatic rings. The van der Waals surface area contributed by atoms with Crippen LogP contribution in [0.15, 0.2) is 51.7 Å². The number of nitrogens with one attached hydrogen (secondary N) is 1. The van der Waals surface area contributed by atoms with E-state index in [1.807, 2.05) is 36.4 Å². The molecule has 1 heterocycles. The van der Waals surface area contributed by atoms with Crippen LogP contribution in [0.1, 0.15) is 6.92 Å². The van der Waals surface area contributed by atoms with Crippen LogP contribution in [0, 0.1) is 0 Å². The summed E-state index contributed by atoms with van der Waals surface area (Å²) in [7, 11) is 0. The number of benzene rings is 2. The average Bonchev–Trinajstić information content (AvgIpc) is 2.93. The van der Waals surface area contributed by atoms with Crippen LogP contribution in [0.25, 0.3) is 10.2 Å². The van der Waals surface area contributed by atoms with Crippen molar-refractivity contribution in [3.05, 3.63) is 41.9 Å². The molecule has 0 radical (unpaired) electrons. The van der Waals surface area contributed by atoms with Crippen molar-refractivity contribution < 1.29 is 4.79 Å². The molecule has 1 amide bonds. The van der Waals surface area contributed by atoms with Gasteiger partial charge in [-0.05, 0) is 36.4 Å². The third-order valence-corrected chi connectivity index (χ3v) is 4.78. The molecule has 6 heteroatoms. The number of carbonyl (C=O) groups is 1. The summed E-state index contributed by atoms with van der Waals surface area (Å²) in [5.41, 5.74) is 10.3. The van der Waals surface area contributed by atoms with E-state index in [9.17, 15) is 4.79 Å². The Labute approximate surface area is 130 Å². The van der Waals surface area contributed by atoms with E-state index in [2.05, 4.69) is 10.3 Å². The van der Waals surface area contributed by atoms with Crippen molar-refractivity contribution in [2.75, 3.05) is 11.1 Å². The van der Waals surface area contributed by atoms with E-state index in [0.29, 0.717) is 5.69 Å². The monoisotopic (exact) mass is 315 g/mol. The zero-order chi connectivity index (χ0) is 14.8. The lowest BCUT2D eigenvalue weighted by Gasteiger charge is -2.07. The molecular formula is C15H13N3OS2. The highest BCUT2D eigenvalue weighted by atomic mass is 32.2. The Bertz CT molecular complexity index is 796. The number of fused-ring (bicyclic) bond motifs is 1. The maximum atomic E-state index is 11.0. The van der Waals surface area contributed by atoms with E-state index in [-0.39, 0.29) is 5.91 Å². The summed E-state index contributed by atoms with van der Waals surface area (Å²) < 4.78 is 1.10. The maximum absolute atomic E-state index is 11.0. The number of rotatable bonds is 3. The number of carbonyl (C=O) groups excluding carboxylic acids is 1. The van der Waals surface area contributed by atoms with Crippen molar-refractivity contribution in [1.82, 2.24) is 4.98 Å². The second kappa shape index (κ2) is 5.75. The molecule has 0 bridgehead atoms. The molecule has 3 N–H and O–H groups in total. The number of hydrogen-bond donors (Lipinski definition) is 2. The summed E-state index contributed by atoms with van der Waals surface area (Å²) in [6.45, 7) is 1.49. The molecule has 1 aromatic heterocycles. The lowest BCUT2D eigenvalue weighted by molar-refractivity contribution is -0.114. The summed E-state index contributed by atoms with van der Waals surface area (Å²) in [6, 6.07) is 11.7. The first-order chi connectivity index (χ1) is 10.1. The van der Waals surface area contributed by atoms with Gasteiger partial charge in [-0.2, -0.15) is 0 Å². The van der Waals surface area contributed by atoms with Crippen LogP contribution in [-0.4, -0.2) is 10.9 Å². The molecule has 2 aromatic carbocycles. The summed E-state index contributed by atoms with van der Waals surface area (Å²) in [6.07, 6.45) is 0. The van der Waals surface area contributed by atoms with Crippen molar-refractivity contribution in [2.45, 2.75) is 16.7 Å². The molecule has 0 fully saturated rings. The lowest BCUT2D eigenvalue weighted by atomic mass is 10.3. The number of nitrogens with two attached hydrogens (primary N) is 1. The average molecular weight is 315 g/mol. The van der Waals surface area contributed by atoms with Gasteiger partial charge in [0.15, 0.2) is 0 Å². The maximum Gasteiger partial charge on any atom is 0.221 e. The van der Waals surface area contributed by atoms with Crippen LogP contribution < -0.4 is 11.1 Å². The predicted molar refractivity (Wildman–Crippen MR) is 88.9 cm³/mol. The minimum atomic E-state index is -0.0753. The molecule has 0 spiro atoms. The standard InChI is InChI=1S/C15H13N3OS2/c1-9(19)18-10-2-4-11(5-3-10)21-12-6-7-13-15(14(12)16)17-8-20-13/h2-8H,16H2,1H3,(H,18,19). The molecule has 3 rings (SSSR count). The zero-order valence-corrected chi connectivity index (χ0v) is 12.9. The number of thiazole rings is 1. The van der Waals surface area contributed by atoms with E-state index in [1.54, 1.807) is 28.6 Å². The Morgan fingerprint density at radius 3 is 2.71 bits per heavy atom. The topological polar surface area (TPSA) is 68.0 Å². The molecule has 0 aliphatic heterocycles. The second-order valence-electron chi connectivity index (χ2n) is 4.48. The highest BCUT2D eigenvalue weighted by Crippen LogP contribution is 2.37. The van der Waals surface area contributed by atoms with Crippen molar-refractivity contribution in [1.29, 1.82) is 0 Å². The van der Waals surface area contributed by atoms with Gasteiger partial charge in [-0.15, -0.1) is 11.3 Å². The van der Waals surface area contributed by atoms with Gasteiger partial charge >= 0.3 is 0 Å². The molecular weight excluding hydrogens is 302 g/mol. The second-order valence-corrected chi connectivity index (χ2v) is 6.49. The first-order valence-corrected chi connectivity index (χ1v) is 8.00. The van der Waals surface area contributed by atoms with Crippen LogP contribution in [0.5, 0.6) is 0 Å². The fourth-order valence-electron chi connectivity index (χ4n) is 1.96. The summed E-state index contributed by atoms with van der Waals surface area (Å²) in [4.78, 5) is 17.3. The molecule has 0 unspecified atom stereocenters. The molecule has 0 saturated carbocycles. The third-order valence-electron chi connectivity index (χ3n) is 2.90. The molecule has 0 saturated heterocycles. The summed E-state index contributed by atoms with van der Waals surface area (Å²) >= 11 is 3.17. The highest BCUT2D eigenvalue weighted by molar-refractivity contribution is 7.99. The van der Waals surface area contributed by atoms with Crippen LogP contribution in [0.4, 0.5) is 11.4 Å². The third kappa shape index (κ3) is 3.01. The number of amides is 1. The largest absolute Gasteiger partial charge is 0.396 e. The van der Waals surface area contributed by atoms with E-state index in [1.165, 1.54) is 6.92 Å². The number of nitrogens with zero attached hydrogens (tertiary/aromatic N) is 1. The van der Waals surface area contributed by atoms with E-state index >= 15 is 0 Å². The van der Waals surface area contributed by atoms with E-state index in [4.69, 9.17) is 5.73 Å². The fraction of sp³-hybridized carbons (Fsp3) is 0.0667. The van der Waals surface area contributed by atoms with Gasteiger partial charge in [0, 0.05) is 22.4 Å². The first kappa shape index (κ1) is 13.9. The highest BCUT2D eigenvalue weighted by Gasteiger charge is 2.08. The van der Waals surface area contributed by atoms with Gasteiger partial charge in [-0.25, -0.2) is 4.98 Å². The number of hydrogen-bond acceptors (Lipinski definition) is 5. The molecule has 0 aliphatic carbocycles. The zero-order valence-electron chi connectivity index (χ0n) is 11.3. The Balaban J connectivity index is 1.84. The molecule has 0 aliphatic rings. The van der Waals surface area contributed by atoms with Crippen molar-refractivity contribution in [2.24, 2.45) is 0 Å². The van der Waals surface area contributed by atoms with Crippen molar-refractivity contribution in [3.8, 4) is 0 Å².